The zero-order valence-corrected chi connectivity index (χ0v) is 14.9. The minimum absolute atomic E-state index is 0.00682. The third-order valence-electron chi connectivity index (χ3n) is 4.46. The number of methoxy groups -OCH3 is 1. The normalized spacial score (nSPS) is 15.8. The molecule has 2 rings (SSSR count). The van der Waals surface area contributed by atoms with Crippen LogP contribution in [0.5, 0.6) is 11.5 Å². The summed E-state index contributed by atoms with van der Waals surface area (Å²) in [5.74, 6) is 0.146. The molecule has 0 atom stereocenters. The van der Waals surface area contributed by atoms with Crippen LogP contribution in [-0.2, 0) is 0 Å². The van der Waals surface area contributed by atoms with E-state index in [1.54, 1.807) is 6.92 Å². The highest BCUT2D eigenvalue weighted by atomic mass is 16.6. The Morgan fingerprint density at radius 1 is 1.20 bits per heavy atom. The summed E-state index contributed by atoms with van der Waals surface area (Å²) >= 11 is 0. The standard InChI is InChI=1S/C18H26N2O5/c1-3-25-17-12-15(20(22)23)14(11-16(17)24-2)18(21)19-13-9-7-5-4-6-8-10-13/h11-13H,3-10H2,1-2H3,(H,19,21). The number of benzene rings is 1. The minimum atomic E-state index is -0.561. The van der Waals surface area contributed by atoms with Gasteiger partial charge in [0.05, 0.1) is 24.7 Å². The monoisotopic (exact) mass is 350 g/mol. The van der Waals surface area contributed by atoms with E-state index in [1.807, 2.05) is 0 Å². The van der Waals surface area contributed by atoms with Crippen molar-refractivity contribution in [2.75, 3.05) is 13.7 Å². The van der Waals surface area contributed by atoms with Gasteiger partial charge in [0.1, 0.15) is 5.56 Å². The fraction of sp³-hybridized carbons (Fsp3) is 0.611. The van der Waals surface area contributed by atoms with E-state index in [0.29, 0.717) is 12.4 Å². The Morgan fingerprint density at radius 3 is 2.40 bits per heavy atom. The van der Waals surface area contributed by atoms with Crippen molar-refractivity contribution < 1.29 is 19.2 Å². The number of hydrogen-bond acceptors (Lipinski definition) is 5. The maximum Gasteiger partial charge on any atom is 0.286 e. The van der Waals surface area contributed by atoms with Crippen LogP contribution in [0.15, 0.2) is 12.1 Å². The first-order valence-electron chi connectivity index (χ1n) is 8.87. The van der Waals surface area contributed by atoms with E-state index >= 15 is 0 Å². The van der Waals surface area contributed by atoms with Crippen molar-refractivity contribution in [3.8, 4) is 11.5 Å². The molecule has 0 heterocycles. The predicted molar refractivity (Wildman–Crippen MR) is 94.4 cm³/mol. The highest BCUT2D eigenvalue weighted by molar-refractivity contribution is 5.99. The molecule has 1 aromatic carbocycles. The van der Waals surface area contributed by atoms with Crippen LogP contribution in [0.1, 0.15) is 62.2 Å². The van der Waals surface area contributed by atoms with Crippen molar-refractivity contribution in [3.05, 3.63) is 27.8 Å². The molecule has 0 unspecified atom stereocenters. The molecule has 7 nitrogen and oxygen atoms in total. The Kier molecular flexibility index (Phi) is 7.03. The van der Waals surface area contributed by atoms with Crippen LogP contribution >= 0.6 is 0 Å². The lowest BCUT2D eigenvalue weighted by atomic mass is 9.96. The molecule has 0 saturated heterocycles. The number of hydrogen-bond donors (Lipinski definition) is 1. The molecule has 7 heteroatoms. The summed E-state index contributed by atoms with van der Waals surface area (Å²) in [4.78, 5) is 23.5. The third kappa shape index (κ3) is 5.08. The number of nitro benzene ring substituents is 1. The Labute approximate surface area is 147 Å². The van der Waals surface area contributed by atoms with E-state index < -0.39 is 10.8 Å². The number of nitrogens with one attached hydrogen (secondary N) is 1. The van der Waals surface area contributed by atoms with Crippen LogP contribution < -0.4 is 14.8 Å². The quantitative estimate of drug-likeness (QED) is 0.622. The van der Waals surface area contributed by atoms with Gasteiger partial charge in [-0.1, -0.05) is 32.1 Å². The molecule has 1 amide bonds. The van der Waals surface area contributed by atoms with E-state index in [0.717, 1.165) is 25.7 Å². The summed E-state index contributed by atoms with van der Waals surface area (Å²) in [5.41, 5.74) is -0.264. The lowest BCUT2D eigenvalue weighted by molar-refractivity contribution is -0.385. The number of nitro groups is 1. The average Bonchev–Trinajstić information content (AvgIpc) is 2.56. The first kappa shape index (κ1) is 19.0. The van der Waals surface area contributed by atoms with Crippen molar-refractivity contribution in [2.45, 2.75) is 57.9 Å². The molecule has 0 aliphatic heterocycles. The second-order valence-electron chi connectivity index (χ2n) is 6.23. The molecule has 1 fully saturated rings. The van der Waals surface area contributed by atoms with Gasteiger partial charge in [-0.25, -0.2) is 0 Å². The molecule has 1 N–H and O–H groups in total. The molecule has 0 spiro atoms. The van der Waals surface area contributed by atoms with E-state index in [9.17, 15) is 14.9 Å². The maximum atomic E-state index is 12.7. The Morgan fingerprint density at radius 2 is 1.84 bits per heavy atom. The third-order valence-corrected chi connectivity index (χ3v) is 4.46. The van der Waals surface area contributed by atoms with Gasteiger partial charge in [0, 0.05) is 12.1 Å². The highest BCUT2D eigenvalue weighted by Gasteiger charge is 2.26. The van der Waals surface area contributed by atoms with Gasteiger partial charge in [0.25, 0.3) is 11.6 Å². The second-order valence-corrected chi connectivity index (χ2v) is 6.23. The van der Waals surface area contributed by atoms with Gasteiger partial charge in [-0.3, -0.25) is 14.9 Å². The number of ether oxygens (including phenoxy) is 2. The first-order chi connectivity index (χ1) is 12.1. The maximum absolute atomic E-state index is 12.7. The topological polar surface area (TPSA) is 90.7 Å². The van der Waals surface area contributed by atoms with Gasteiger partial charge < -0.3 is 14.8 Å². The van der Waals surface area contributed by atoms with Crippen molar-refractivity contribution in [1.82, 2.24) is 5.32 Å². The number of carbonyl (C=O) groups excluding carboxylic acids is 1. The summed E-state index contributed by atoms with van der Waals surface area (Å²) in [5, 5.41) is 14.4. The molecule has 0 bridgehead atoms. The summed E-state index contributed by atoms with van der Waals surface area (Å²) < 4.78 is 10.6. The second kappa shape index (κ2) is 9.25. The zero-order valence-electron chi connectivity index (χ0n) is 14.9. The summed E-state index contributed by atoms with van der Waals surface area (Å²) in [6.07, 6.45) is 7.54. The average molecular weight is 350 g/mol. The van der Waals surface area contributed by atoms with Gasteiger partial charge in [-0.05, 0) is 19.8 Å². The zero-order chi connectivity index (χ0) is 18.2. The van der Waals surface area contributed by atoms with E-state index in [2.05, 4.69) is 5.32 Å². The Balaban J connectivity index is 2.25. The molecule has 138 valence electrons. The lowest BCUT2D eigenvalue weighted by Crippen LogP contribution is -2.35. The van der Waals surface area contributed by atoms with E-state index in [4.69, 9.17) is 9.47 Å². The molecular weight excluding hydrogens is 324 g/mol. The van der Waals surface area contributed by atoms with Crippen molar-refractivity contribution in [3.63, 3.8) is 0 Å². The fourth-order valence-electron chi connectivity index (χ4n) is 3.17. The van der Waals surface area contributed by atoms with Gasteiger partial charge in [0.2, 0.25) is 0 Å². The molecule has 1 aliphatic rings. The van der Waals surface area contributed by atoms with Crippen LogP contribution in [0.3, 0.4) is 0 Å². The van der Waals surface area contributed by atoms with E-state index in [-0.39, 0.29) is 23.0 Å². The molecule has 1 aliphatic carbocycles. The van der Waals surface area contributed by atoms with Crippen LogP contribution in [0.4, 0.5) is 5.69 Å². The van der Waals surface area contributed by atoms with Gasteiger partial charge in [-0.2, -0.15) is 0 Å². The van der Waals surface area contributed by atoms with E-state index in [1.165, 1.54) is 38.5 Å². The molecule has 1 saturated carbocycles. The van der Waals surface area contributed by atoms with Crippen LogP contribution in [0.2, 0.25) is 0 Å². The van der Waals surface area contributed by atoms with Gasteiger partial charge >= 0.3 is 0 Å². The SMILES string of the molecule is CCOc1cc([N+](=O)[O-])c(C(=O)NC2CCCCCCC2)cc1OC. The fourth-order valence-corrected chi connectivity index (χ4v) is 3.17. The van der Waals surface area contributed by atoms with Gasteiger partial charge in [-0.15, -0.1) is 0 Å². The number of nitrogens with zero attached hydrogens (tertiary/aromatic N) is 1. The number of rotatable bonds is 6. The lowest BCUT2D eigenvalue weighted by Gasteiger charge is -2.21. The molecule has 0 aromatic heterocycles. The Bertz CT molecular complexity index is 610. The number of amides is 1. The van der Waals surface area contributed by atoms with Crippen molar-refractivity contribution in [2.24, 2.45) is 0 Å². The smallest absolute Gasteiger partial charge is 0.286 e. The van der Waals surface area contributed by atoms with Crippen LogP contribution in [0, 0.1) is 10.1 Å². The Hall–Kier alpha value is -2.31. The first-order valence-corrected chi connectivity index (χ1v) is 8.87. The minimum Gasteiger partial charge on any atom is -0.493 e. The molecular formula is C18H26N2O5. The van der Waals surface area contributed by atoms with Crippen LogP contribution in [0.25, 0.3) is 0 Å². The van der Waals surface area contributed by atoms with Gasteiger partial charge in [0.15, 0.2) is 11.5 Å². The van der Waals surface area contributed by atoms with Crippen LogP contribution in [-0.4, -0.2) is 30.6 Å². The number of carbonyl (C=O) groups is 1. The van der Waals surface area contributed by atoms with Crippen molar-refractivity contribution >= 4 is 11.6 Å². The highest BCUT2D eigenvalue weighted by Crippen LogP contribution is 2.35. The predicted octanol–water partition coefficient (Wildman–Crippen LogP) is 3.84. The van der Waals surface area contributed by atoms with Crippen molar-refractivity contribution in [1.29, 1.82) is 0 Å². The summed E-state index contributed by atoms with van der Waals surface area (Å²) in [7, 11) is 1.44. The largest absolute Gasteiger partial charge is 0.493 e. The summed E-state index contributed by atoms with van der Waals surface area (Å²) in [6.45, 7) is 2.13. The molecule has 25 heavy (non-hydrogen) atoms. The molecule has 1 aromatic rings. The summed E-state index contributed by atoms with van der Waals surface area (Å²) in [6, 6.07) is 2.71. The molecule has 0 radical (unpaired) electrons.